The Bertz CT molecular complexity index is 365. The van der Waals surface area contributed by atoms with Crippen LogP contribution in [0.4, 0.5) is 4.79 Å². The van der Waals surface area contributed by atoms with E-state index in [2.05, 4.69) is 26.2 Å². The van der Waals surface area contributed by atoms with Crippen molar-refractivity contribution in [2.24, 2.45) is 4.99 Å². The smallest absolute Gasteiger partial charge is 0.328 e. The zero-order chi connectivity index (χ0) is 10.5. The van der Waals surface area contributed by atoms with Gasteiger partial charge in [-0.1, -0.05) is 0 Å². The fourth-order valence-electron chi connectivity index (χ4n) is 1.37. The van der Waals surface area contributed by atoms with E-state index in [4.69, 9.17) is 0 Å². The molecule has 0 aromatic carbocycles. The summed E-state index contributed by atoms with van der Waals surface area (Å²) in [6.45, 7) is 0. The zero-order valence-electron chi connectivity index (χ0n) is 7.61. The minimum atomic E-state index is -0.374. The van der Waals surface area contributed by atoms with Gasteiger partial charge in [0.15, 0.2) is 10.9 Å². The molecule has 0 spiro atoms. The first-order valence-electron chi connectivity index (χ1n) is 3.94. The first-order valence-corrected chi connectivity index (χ1v) is 4.85. The molecule has 0 bridgehead atoms. The molecule has 7 heteroatoms. The Morgan fingerprint density at radius 3 is 2.79 bits per heavy atom. The summed E-state index contributed by atoms with van der Waals surface area (Å²) in [4.78, 5) is 17.9. The number of carbonyl (C=O) groups is 1. The molecule has 2 amide bonds. The molecule has 0 aliphatic carbocycles. The Balaban J connectivity index is 2.52. The number of hydrogen-bond donors (Lipinski definition) is 1. The molecule has 0 saturated carbocycles. The third kappa shape index (κ3) is 1.08. The van der Waals surface area contributed by atoms with Crippen LogP contribution in [0.15, 0.2) is 16.6 Å². The summed E-state index contributed by atoms with van der Waals surface area (Å²) in [7, 11) is 3.02. The van der Waals surface area contributed by atoms with E-state index < -0.39 is 0 Å². The van der Waals surface area contributed by atoms with E-state index in [1.54, 1.807) is 7.05 Å². The number of fused-ring (bicyclic) bond motifs is 1. The topological polar surface area (TPSA) is 71.0 Å². The highest BCUT2D eigenvalue weighted by Crippen LogP contribution is 2.22. The van der Waals surface area contributed by atoms with Crippen LogP contribution in [0, 0.1) is 0 Å². The molecule has 2 rings (SSSR count). The van der Waals surface area contributed by atoms with Gasteiger partial charge in [-0.25, -0.2) is 9.79 Å². The summed E-state index contributed by atoms with van der Waals surface area (Å²) in [5.74, 6) is 0.0359. The number of nitrogens with one attached hydrogen (secondary N) is 1. The number of alkyl halides is 1. The lowest BCUT2D eigenvalue weighted by atomic mass is 10.3. The first kappa shape index (κ1) is 9.32. The lowest BCUT2D eigenvalue weighted by Gasteiger charge is -2.36. The second-order valence-corrected chi connectivity index (χ2v) is 3.88. The Morgan fingerprint density at radius 1 is 1.50 bits per heavy atom. The Kier molecular flexibility index (Phi) is 1.91. The van der Waals surface area contributed by atoms with Crippen molar-refractivity contribution in [1.29, 1.82) is 0 Å². The van der Waals surface area contributed by atoms with Crippen LogP contribution >= 0.6 is 15.9 Å². The summed E-state index contributed by atoms with van der Waals surface area (Å²) >= 11 is 3.20. The van der Waals surface area contributed by atoms with Gasteiger partial charge in [-0.3, -0.25) is 4.90 Å². The number of hydrogen-bond acceptors (Lipinski definition) is 4. The summed E-state index contributed by atoms with van der Waals surface area (Å²) in [5.41, 5.74) is 0.358. The number of amidine groups is 1. The van der Waals surface area contributed by atoms with Crippen molar-refractivity contribution in [3.05, 3.63) is 11.6 Å². The van der Waals surface area contributed by atoms with Crippen LogP contribution in [0.5, 0.6) is 0 Å². The SMILES string of the molecule is CN1C(=O)N(C)C([O-])=C2NC(Br)N=C21. The van der Waals surface area contributed by atoms with Gasteiger partial charge in [-0.2, -0.15) is 0 Å². The number of halogens is 1. The molecule has 0 saturated heterocycles. The van der Waals surface area contributed by atoms with E-state index in [1.165, 1.54) is 11.9 Å². The second kappa shape index (κ2) is 2.88. The largest absolute Gasteiger partial charge is 0.858 e. The van der Waals surface area contributed by atoms with Crippen molar-refractivity contribution in [3.63, 3.8) is 0 Å². The van der Waals surface area contributed by atoms with Crippen molar-refractivity contribution in [1.82, 2.24) is 15.1 Å². The molecule has 0 aromatic rings. The molecule has 2 heterocycles. The number of likely N-dealkylation sites (N-methyl/N-ethyl adjacent to an activating group) is 1. The average molecular weight is 260 g/mol. The predicted octanol–water partition coefficient (Wildman–Crippen LogP) is -0.807. The van der Waals surface area contributed by atoms with Gasteiger partial charge in [0, 0.05) is 14.1 Å². The van der Waals surface area contributed by atoms with E-state index in [0.29, 0.717) is 11.5 Å². The Labute approximate surface area is 89.0 Å². The second-order valence-electron chi connectivity index (χ2n) is 3.01. The van der Waals surface area contributed by atoms with E-state index in [0.717, 1.165) is 4.90 Å². The third-order valence-corrected chi connectivity index (χ3v) is 2.57. The average Bonchev–Trinajstić information content (AvgIpc) is 2.54. The summed E-state index contributed by atoms with van der Waals surface area (Å²) in [6, 6.07) is -0.374. The van der Waals surface area contributed by atoms with Crippen molar-refractivity contribution >= 4 is 27.8 Å². The summed E-state index contributed by atoms with van der Waals surface area (Å²) < 4.78 is 0. The number of rotatable bonds is 0. The minimum absolute atomic E-state index is 0.335. The van der Waals surface area contributed by atoms with Crippen LogP contribution in [0.1, 0.15) is 0 Å². The highest BCUT2D eigenvalue weighted by molar-refractivity contribution is 9.09. The molecule has 76 valence electrons. The van der Waals surface area contributed by atoms with Crippen LogP contribution in [0.25, 0.3) is 0 Å². The molecular formula is C7H8BrN4O2-. The fraction of sp³-hybridized carbons (Fsp3) is 0.429. The molecule has 1 unspecified atom stereocenters. The number of amides is 2. The molecule has 6 nitrogen and oxygen atoms in total. The Morgan fingerprint density at radius 2 is 2.14 bits per heavy atom. The van der Waals surface area contributed by atoms with E-state index in [-0.39, 0.29) is 17.0 Å². The monoisotopic (exact) mass is 259 g/mol. The molecule has 14 heavy (non-hydrogen) atoms. The maximum atomic E-state index is 11.6. The normalized spacial score (nSPS) is 26.4. The third-order valence-electron chi connectivity index (χ3n) is 2.13. The standard InChI is InChI=1S/C7H9BrN4O2/c1-11-4-3(9-6(8)10-4)5(13)12(2)7(11)14/h6,9,13H,1-2H3/p-1. The molecular weight excluding hydrogens is 252 g/mol. The molecule has 0 fully saturated rings. The highest BCUT2D eigenvalue weighted by Gasteiger charge is 2.33. The van der Waals surface area contributed by atoms with E-state index in [9.17, 15) is 9.90 Å². The minimum Gasteiger partial charge on any atom is -0.858 e. The van der Waals surface area contributed by atoms with E-state index in [1.807, 2.05) is 0 Å². The number of urea groups is 1. The molecule has 2 aliphatic rings. The summed E-state index contributed by atoms with van der Waals surface area (Å²) in [5, 5.41) is 14.1. The maximum absolute atomic E-state index is 11.6. The first-order chi connectivity index (χ1) is 6.52. The van der Waals surface area contributed by atoms with Crippen molar-refractivity contribution in [2.45, 2.75) is 5.08 Å². The van der Waals surface area contributed by atoms with Crippen LogP contribution in [-0.4, -0.2) is 40.8 Å². The van der Waals surface area contributed by atoms with Gasteiger partial charge < -0.3 is 15.3 Å². The van der Waals surface area contributed by atoms with Crippen LogP contribution in [0.2, 0.25) is 0 Å². The van der Waals surface area contributed by atoms with Gasteiger partial charge in [0.05, 0.1) is 5.70 Å². The molecule has 0 radical (unpaired) electrons. The molecule has 1 N–H and O–H groups in total. The maximum Gasteiger partial charge on any atom is 0.328 e. The van der Waals surface area contributed by atoms with Gasteiger partial charge >= 0.3 is 6.03 Å². The van der Waals surface area contributed by atoms with Gasteiger partial charge in [0.25, 0.3) is 0 Å². The van der Waals surface area contributed by atoms with Gasteiger partial charge in [-0.05, 0) is 21.8 Å². The fourth-order valence-corrected chi connectivity index (χ4v) is 1.79. The lowest BCUT2D eigenvalue weighted by molar-refractivity contribution is -0.328. The highest BCUT2D eigenvalue weighted by atomic mass is 79.9. The van der Waals surface area contributed by atoms with Gasteiger partial charge in [0.1, 0.15) is 0 Å². The lowest BCUT2D eigenvalue weighted by Crippen LogP contribution is -2.51. The van der Waals surface area contributed by atoms with Crippen LogP contribution < -0.4 is 10.4 Å². The van der Waals surface area contributed by atoms with Gasteiger partial charge in [0.2, 0.25) is 0 Å². The van der Waals surface area contributed by atoms with Crippen molar-refractivity contribution in [2.75, 3.05) is 14.1 Å². The molecule has 0 aromatic heterocycles. The van der Waals surface area contributed by atoms with Crippen LogP contribution in [-0.2, 0) is 0 Å². The molecule has 2 aliphatic heterocycles. The van der Waals surface area contributed by atoms with Crippen molar-refractivity contribution in [3.8, 4) is 0 Å². The summed E-state index contributed by atoms with van der Waals surface area (Å²) in [6.07, 6.45) is 0. The quantitative estimate of drug-likeness (QED) is 0.457. The van der Waals surface area contributed by atoms with E-state index >= 15 is 0 Å². The number of carbonyl (C=O) groups excluding carboxylic acids is 1. The number of nitrogens with zero attached hydrogens (tertiary/aromatic N) is 3. The van der Waals surface area contributed by atoms with Gasteiger partial charge in [-0.15, -0.1) is 0 Å². The number of aliphatic imine (C=N–C) groups is 1. The Hall–Kier alpha value is -1.24. The van der Waals surface area contributed by atoms with Crippen LogP contribution in [0.3, 0.4) is 0 Å². The van der Waals surface area contributed by atoms with Crippen molar-refractivity contribution < 1.29 is 9.90 Å². The zero-order valence-corrected chi connectivity index (χ0v) is 9.20. The predicted molar refractivity (Wildman–Crippen MR) is 51.2 cm³/mol. The molecule has 1 atom stereocenters.